The average Bonchev–Trinajstić information content (AvgIpc) is 2.74. The molecule has 90 valence electrons. The van der Waals surface area contributed by atoms with Crippen molar-refractivity contribution in [3.8, 4) is 0 Å². The summed E-state index contributed by atoms with van der Waals surface area (Å²) in [5, 5.41) is 3.46. The van der Waals surface area contributed by atoms with Crippen LogP contribution in [0.1, 0.15) is 46.0 Å². The fraction of sp³-hybridized carbons (Fsp3) is 1.00. The van der Waals surface area contributed by atoms with E-state index in [0.717, 1.165) is 5.92 Å². The van der Waals surface area contributed by atoms with Crippen molar-refractivity contribution in [2.45, 2.75) is 46.0 Å². The zero-order valence-corrected chi connectivity index (χ0v) is 10.6. The maximum Gasteiger partial charge on any atom is 0.00223 e. The summed E-state index contributed by atoms with van der Waals surface area (Å²) in [6, 6.07) is 0. The molecule has 1 saturated heterocycles. The molecule has 2 nitrogen and oxygen atoms in total. The van der Waals surface area contributed by atoms with Gasteiger partial charge in [0.15, 0.2) is 0 Å². The van der Waals surface area contributed by atoms with E-state index in [-0.39, 0.29) is 0 Å². The smallest absolute Gasteiger partial charge is 0.00223 e. The lowest BCUT2D eigenvalue weighted by Crippen LogP contribution is -2.32. The molecule has 15 heavy (non-hydrogen) atoms. The number of nitrogens with one attached hydrogen (secondary N) is 1. The van der Waals surface area contributed by atoms with Gasteiger partial charge in [-0.2, -0.15) is 0 Å². The van der Waals surface area contributed by atoms with Gasteiger partial charge in [-0.05, 0) is 51.4 Å². The van der Waals surface area contributed by atoms with E-state index in [9.17, 15) is 0 Å². The molecule has 1 heterocycles. The van der Waals surface area contributed by atoms with Gasteiger partial charge >= 0.3 is 0 Å². The first-order chi connectivity index (χ1) is 7.36. The highest BCUT2D eigenvalue weighted by Crippen LogP contribution is 2.11. The zero-order chi connectivity index (χ0) is 10.9. The van der Waals surface area contributed by atoms with Gasteiger partial charge in [-0.3, -0.25) is 0 Å². The van der Waals surface area contributed by atoms with E-state index < -0.39 is 0 Å². The van der Waals surface area contributed by atoms with Gasteiger partial charge in [-0.1, -0.05) is 26.7 Å². The molecule has 1 unspecified atom stereocenters. The summed E-state index contributed by atoms with van der Waals surface area (Å²) >= 11 is 0. The molecule has 1 fully saturated rings. The largest absolute Gasteiger partial charge is 0.316 e. The molecule has 0 radical (unpaired) electrons. The van der Waals surface area contributed by atoms with Crippen molar-refractivity contribution in [1.29, 1.82) is 0 Å². The Labute approximate surface area is 95.4 Å². The van der Waals surface area contributed by atoms with Crippen LogP contribution in [0.2, 0.25) is 0 Å². The second-order valence-corrected chi connectivity index (χ2v) is 4.87. The Balaban J connectivity index is 2.19. The number of hydrogen-bond donors (Lipinski definition) is 1. The molecule has 1 rings (SSSR count). The maximum absolute atomic E-state index is 3.46. The second-order valence-electron chi connectivity index (χ2n) is 4.87. The summed E-state index contributed by atoms with van der Waals surface area (Å²) in [5.74, 6) is 0.915. The highest BCUT2D eigenvalue weighted by Gasteiger charge is 2.17. The molecule has 0 aromatic carbocycles. The molecule has 0 aromatic rings. The Kier molecular flexibility index (Phi) is 7.03. The van der Waals surface area contributed by atoms with E-state index in [2.05, 4.69) is 24.1 Å². The normalized spacial score (nSPS) is 21.4. The Morgan fingerprint density at radius 2 is 1.80 bits per heavy atom. The number of unbranched alkanes of at least 4 members (excludes halogenated alkanes) is 2. The third-order valence-corrected chi connectivity index (χ3v) is 3.33. The molecule has 2 heteroatoms. The minimum atomic E-state index is 0.915. The van der Waals surface area contributed by atoms with Gasteiger partial charge in [0.1, 0.15) is 0 Å². The molecule has 0 amide bonds. The van der Waals surface area contributed by atoms with Crippen LogP contribution in [-0.4, -0.2) is 37.6 Å². The lowest BCUT2D eigenvalue weighted by Gasteiger charge is -2.24. The number of rotatable bonds is 8. The standard InChI is InChI=1S/C13H28N2/c1-3-5-9-15(10-6-4-2)12-13-7-8-14-11-13/h13-14H,3-12H2,1-2H3. The molecule has 1 aliphatic heterocycles. The van der Waals surface area contributed by atoms with E-state index in [1.807, 2.05) is 0 Å². The summed E-state index contributed by atoms with van der Waals surface area (Å²) in [5.41, 5.74) is 0. The Bertz CT molecular complexity index is 133. The van der Waals surface area contributed by atoms with Crippen LogP contribution in [0, 0.1) is 5.92 Å². The fourth-order valence-electron chi connectivity index (χ4n) is 2.29. The van der Waals surface area contributed by atoms with Gasteiger partial charge in [0, 0.05) is 6.54 Å². The number of hydrogen-bond acceptors (Lipinski definition) is 2. The monoisotopic (exact) mass is 212 g/mol. The van der Waals surface area contributed by atoms with Crippen LogP contribution in [0.5, 0.6) is 0 Å². The van der Waals surface area contributed by atoms with E-state index in [1.165, 1.54) is 64.8 Å². The van der Waals surface area contributed by atoms with Crippen LogP contribution in [-0.2, 0) is 0 Å². The second kappa shape index (κ2) is 8.12. The van der Waals surface area contributed by atoms with E-state index in [4.69, 9.17) is 0 Å². The van der Waals surface area contributed by atoms with Gasteiger partial charge in [-0.25, -0.2) is 0 Å². The highest BCUT2D eigenvalue weighted by molar-refractivity contribution is 4.74. The van der Waals surface area contributed by atoms with Crippen molar-refractivity contribution in [3.05, 3.63) is 0 Å². The van der Waals surface area contributed by atoms with Crippen molar-refractivity contribution in [2.75, 3.05) is 32.7 Å². The Hall–Kier alpha value is -0.0800. The molecule has 0 bridgehead atoms. The predicted molar refractivity (Wildman–Crippen MR) is 67.2 cm³/mol. The Morgan fingerprint density at radius 3 is 2.27 bits per heavy atom. The third-order valence-electron chi connectivity index (χ3n) is 3.33. The SMILES string of the molecule is CCCCN(CCCC)CC1CCNC1. The van der Waals surface area contributed by atoms with Gasteiger partial charge in [0.25, 0.3) is 0 Å². The molecule has 1 aliphatic rings. The lowest BCUT2D eigenvalue weighted by molar-refractivity contribution is 0.230. The molecule has 0 spiro atoms. The molecular formula is C13H28N2. The van der Waals surface area contributed by atoms with Crippen molar-refractivity contribution in [2.24, 2.45) is 5.92 Å². The van der Waals surface area contributed by atoms with Gasteiger partial charge in [0.05, 0.1) is 0 Å². The van der Waals surface area contributed by atoms with Gasteiger partial charge in [-0.15, -0.1) is 0 Å². The maximum atomic E-state index is 3.46. The minimum absolute atomic E-state index is 0.915. The van der Waals surface area contributed by atoms with Crippen molar-refractivity contribution >= 4 is 0 Å². The first-order valence-electron chi connectivity index (χ1n) is 6.79. The summed E-state index contributed by atoms with van der Waals surface area (Å²) in [4.78, 5) is 2.69. The van der Waals surface area contributed by atoms with E-state index in [1.54, 1.807) is 0 Å². The lowest BCUT2D eigenvalue weighted by atomic mass is 10.1. The molecule has 0 aromatic heterocycles. The summed E-state index contributed by atoms with van der Waals surface area (Å²) < 4.78 is 0. The van der Waals surface area contributed by atoms with Crippen molar-refractivity contribution in [3.63, 3.8) is 0 Å². The fourth-order valence-corrected chi connectivity index (χ4v) is 2.29. The van der Waals surface area contributed by atoms with Crippen LogP contribution in [0.3, 0.4) is 0 Å². The summed E-state index contributed by atoms with van der Waals surface area (Å²) in [7, 11) is 0. The van der Waals surface area contributed by atoms with Crippen LogP contribution in [0.25, 0.3) is 0 Å². The molecular weight excluding hydrogens is 184 g/mol. The van der Waals surface area contributed by atoms with E-state index >= 15 is 0 Å². The molecule has 0 saturated carbocycles. The first-order valence-corrected chi connectivity index (χ1v) is 6.79. The molecule has 0 aliphatic carbocycles. The van der Waals surface area contributed by atoms with Crippen LogP contribution in [0.15, 0.2) is 0 Å². The topological polar surface area (TPSA) is 15.3 Å². The van der Waals surface area contributed by atoms with E-state index in [0.29, 0.717) is 0 Å². The third kappa shape index (κ3) is 5.53. The predicted octanol–water partition coefficient (Wildman–Crippen LogP) is 2.50. The Morgan fingerprint density at radius 1 is 1.13 bits per heavy atom. The minimum Gasteiger partial charge on any atom is -0.316 e. The van der Waals surface area contributed by atoms with Crippen molar-refractivity contribution < 1.29 is 0 Å². The first kappa shape index (κ1) is 13.0. The number of nitrogens with zero attached hydrogens (tertiary/aromatic N) is 1. The van der Waals surface area contributed by atoms with Crippen LogP contribution < -0.4 is 5.32 Å². The summed E-state index contributed by atoms with van der Waals surface area (Å²) in [6.07, 6.45) is 6.76. The highest BCUT2D eigenvalue weighted by atomic mass is 15.1. The van der Waals surface area contributed by atoms with Gasteiger partial charge in [0.2, 0.25) is 0 Å². The zero-order valence-electron chi connectivity index (χ0n) is 10.6. The van der Waals surface area contributed by atoms with Crippen LogP contribution in [0.4, 0.5) is 0 Å². The summed E-state index contributed by atoms with van der Waals surface area (Å²) in [6.45, 7) is 11.0. The molecule has 1 N–H and O–H groups in total. The van der Waals surface area contributed by atoms with Crippen LogP contribution >= 0.6 is 0 Å². The van der Waals surface area contributed by atoms with Gasteiger partial charge < -0.3 is 10.2 Å². The quantitative estimate of drug-likeness (QED) is 0.665. The average molecular weight is 212 g/mol. The van der Waals surface area contributed by atoms with Crippen molar-refractivity contribution in [1.82, 2.24) is 10.2 Å². The molecule has 1 atom stereocenters.